The first-order chi connectivity index (χ1) is 17.1. The largest absolute Gasteiger partial charge is 0.368 e. The smallest absolute Gasteiger partial charge is 0.241 e. The molecule has 0 spiro atoms. The number of benzene rings is 2. The fourth-order valence-electron chi connectivity index (χ4n) is 5.35. The molecule has 0 aliphatic carbocycles. The zero-order valence-corrected chi connectivity index (χ0v) is 21.6. The van der Waals surface area contributed by atoms with E-state index in [1.54, 1.807) is 17.0 Å². The van der Waals surface area contributed by atoms with Crippen LogP contribution in [0.5, 0.6) is 0 Å². The summed E-state index contributed by atoms with van der Waals surface area (Å²) in [5, 5.41) is 0. The Morgan fingerprint density at radius 2 is 1.72 bits per heavy atom. The number of aryl methyl sites for hydroxylation is 2. The van der Waals surface area contributed by atoms with Gasteiger partial charge in [0.25, 0.3) is 0 Å². The van der Waals surface area contributed by atoms with Crippen LogP contribution in [0.15, 0.2) is 42.5 Å². The number of rotatable bonds is 7. The van der Waals surface area contributed by atoms with E-state index >= 15 is 4.39 Å². The minimum Gasteiger partial charge on any atom is -0.368 e. The first-order valence-corrected chi connectivity index (χ1v) is 12.5. The van der Waals surface area contributed by atoms with E-state index in [0.29, 0.717) is 32.7 Å². The Labute approximate surface area is 212 Å². The van der Waals surface area contributed by atoms with Crippen molar-refractivity contribution in [3.63, 3.8) is 0 Å². The third-order valence-corrected chi connectivity index (χ3v) is 7.35. The number of hydrogen-bond acceptors (Lipinski definition) is 5. The summed E-state index contributed by atoms with van der Waals surface area (Å²) in [6, 6.07) is 12.4. The highest BCUT2D eigenvalue weighted by atomic mass is 19.1. The Morgan fingerprint density at radius 3 is 2.36 bits per heavy atom. The van der Waals surface area contributed by atoms with Crippen LogP contribution in [0.3, 0.4) is 0 Å². The molecule has 2 aromatic rings. The van der Waals surface area contributed by atoms with Gasteiger partial charge in [-0.05, 0) is 45.6 Å². The molecule has 8 heteroatoms. The predicted molar refractivity (Wildman–Crippen MR) is 137 cm³/mol. The first kappa shape index (κ1) is 25.8. The minimum absolute atomic E-state index is 0.123. The molecule has 36 heavy (non-hydrogen) atoms. The van der Waals surface area contributed by atoms with Crippen molar-refractivity contribution in [2.75, 3.05) is 58.3 Å². The summed E-state index contributed by atoms with van der Waals surface area (Å²) in [7, 11) is 3.72. The SMILES string of the molecule is Cc1ccc(N2CCN(C(=O)C[C@@]3(c4ccccc4F)CC(=O)N(CCN(C)C)C3=O)CC2)c(C)c1. The van der Waals surface area contributed by atoms with Crippen molar-refractivity contribution in [3.05, 3.63) is 65.0 Å². The van der Waals surface area contributed by atoms with Crippen LogP contribution in [0.2, 0.25) is 0 Å². The first-order valence-electron chi connectivity index (χ1n) is 12.5. The molecule has 0 unspecified atom stereocenters. The number of hydrogen-bond donors (Lipinski definition) is 0. The highest BCUT2D eigenvalue weighted by molar-refractivity contribution is 6.10. The molecule has 0 N–H and O–H groups in total. The quantitative estimate of drug-likeness (QED) is 0.554. The number of likely N-dealkylation sites (tertiary alicyclic amines) is 1. The van der Waals surface area contributed by atoms with Crippen LogP contribution in [-0.4, -0.2) is 85.8 Å². The Balaban J connectivity index is 1.54. The summed E-state index contributed by atoms with van der Waals surface area (Å²) >= 11 is 0. The topological polar surface area (TPSA) is 64.2 Å². The van der Waals surface area contributed by atoms with Crippen LogP contribution in [0, 0.1) is 19.7 Å². The lowest BCUT2D eigenvalue weighted by atomic mass is 9.75. The predicted octanol–water partition coefficient (Wildman–Crippen LogP) is 2.74. The van der Waals surface area contributed by atoms with E-state index < -0.39 is 17.1 Å². The molecular weight excluding hydrogens is 459 g/mol. The Bertz CT molecular complexity index is 1160. The zero-order valence-electron chi connectivity index (χ0n) is 21.6. The van der Waals surface area contributed by atoms with Gasteiger partial charge < -0.3 is 14.7 Å². The van der Waals surface area contributed by atoms with Crippen molar-refractivity contribution < 1.29 is 18.8 Å². The van der Waals surface area contributed by atoms with Crippen molar-refractivity contribution in [2.45, 2.75) is 32.1 Å². The number of carbonyl (C=O) groups is 3. The highest BCUT2D eigenvalue weighted by Gasteiger charge is 2.55. The summed E-state index contributed by atoms with van der Waals surface area (Å²) < 4.78 is 15.0. The fraction of sp³-hybridized carbons (Fsp3) is 0.464. The molecule has 2 fully saturated rings. The summed E-state index contributed by atoms with van der Waals surface area (Å²) in [6.45, 7) is 7.22. The van der Waals surface area contributed by atoms with Gasteiger partial charge in [-0.1, -0.05) is 35.9 Å². The molecule has 0 aromatic heterocycles. The third kappa shape index (κ3) is 5.00. The lowest BCUT2D eigenvalue weighted by Crippen LogP contribution is -2.51. The van der Waals surface area contributed by atoms with Gasteiger partial charge in [-0.2, -0.15) is 0 Å². The van der Waals surface area contributed by atoms with Crippen molar-refractivity contribution in [3.8, 4) is 0 Å². The summed E-state index contributed by atoms with van der Waals surface area (Å²) in [6.07, 6.45) is -0.422. The molecule has 0 radical (unpaired) electrons. The van der Waals surface area contributed by atoms with Gasteiger partial charge in [0.2, 0.25) is 17.7 Å². The van der Waals surface area contributed by atoms with E-state index in [-0.39, 0.29) is 36.8 Å². The third-order valence-electron chi connectivity index (χ3n) is 7.35. The molecule has 2 aliphatic heterocycles. The van der Waals surface area contributed by atoms with Gasteiger partial charge in [0, 0.05) is 63.4 Å². The molecule has 4 rings (SSSR count). The number of imide groups is 1. The molecule has 2 saturated heterocycles. The molecule has 0 saturated carbocycles. The summed E-state index contributed by atoms with van der Waals surface area (Å²) in [5.41, 5.74) is 2.16. The van der Waals surface area contributed by atoms with Crippen molar-refractivity contribution in [2.24, 2.45) is 0 Å². The second-order valence-electron chi connectivity index (χ2n) is 10.2. The number of amides is 3. The highest BCUT2D eigenvalue weighted by Crippen LogP contribution is 2.41. The van der Waals surface area contributed by atoms with Crippen LogP contribution in [0.4, 0.5) is 10.1 Å². The molecule has 7 nitrogen and oxygen atoms in total. The number of anilines is 1. The molecule has 192 valence electrons. The average molecular weight is 495 g/mol. The molecular formula is C28H35FN4O3. The van der Waals surface area contributed by atoms with Gasteiger partial charge in [0.1, 0.15) is 5.82 Å². The standard InChI is InChI=1S/C28H35FN4O3/c1-20-9-10-24(21(2)17-20)31-12-14-32(15-13-31)25(34)18-28(22-7-5-6-8-23(22)29)19-26(35)33(27(28)36)16-11-30(3)4/h5-10,17H,11-16,18-19H2,1-4H3/t28-/m0/s1. The molecule has 0 bridgehead atoms. The van der Waals surface area contributed by atoms with Crippen molar-refractivity contribution >= 4 is 23.4 Å². The lowest BCUT2D eigenvalue weighted by molar-refractivity contribution is -0.143. The number of carbonyl (C=O) groups excluding carboxylic acids is 3. The Hall–Kier alpha value is -3.26. The van der Waals surface area contributed by atoms with Gasteiger partial charge in [0.15, 0.2) is 0 Å². The van der Waals surface area contributed by atoms with Crippen molar-refractivity contribution in [1.82, 2.24) is 14.7 Å². The number of piperazine rings is 1. The van der Waals surface area contributed by atoms with E-state index in [9.17, 15) is 14.4 Å². The second kappa shape index (κ2) is 10.4. The number of halogens is 1. The molecule has 3 amide bonds. The van der Waals surface area contributed by atoms with Crippen LogP contribution < -0.4 is 4.90 Å². The van der Waals surface area contributed by atoms with E-state index in [1.165, 1.54) is 28.2 Å². The maximum Gasteiger partial charge on any atom is 0.241 e. The summed E-state index contributed by atoms with van der Waals surface area (Å²) in [4.78, 5) is 47.2. The van der Waals surface area contributed by atoms with E-state index in [4.69, 9.17) is 0 Å². The van der Waals surface area contributed by atoms with Gasteiger partial charge in [-0.3, -0.25) is 19.3 Å². The zero-order chi connectivity index (χ0) is 26.0. The fourth-order valence-corrected chi connectivity index (χ4v) is 5.35. The Kier molecular flexibility index (Phi) is 7.45. The van der Waals surface area contributed by atoms with Crippen molar-refractivity contribution in [1.29, 1.82) is 0 Å². The normalized spacial score (nSPS) is 20.6. The number of nitrogens with zero attached hydrogens (tertiary/aromatic N) is 4. The molecule has 2 aliphatic rings. The van der Waals surface area contributed by atoms with Crippen LogP contribution in [0.25, 0.3) is 0 Å². The number of likely N-dealkylation sites (N-methyl/N-ethyl adjacent to an activating group) is 1. The maximum absolute atomic E-state index is 15.0. The Morgan fingerprint density at radius 1 is 1.03 bits per heavy atom. The van der Waals surface area contributed by atoms with Gasteiger partial charge >= 0.3 is 0 Å². The molecule has 1 atom stereocenters. The van der Waals surface area contributed by atoms with Crippen LogP contribution >= 0.6 is 0 Å². The van der Waals surface area contributed by atoms with E-state index in [1.807, 2.05) is 19.0 Å². The van der Waals surface area contributed by atoms with Crippen LogP contribution in [-0.2, 0) is 19.8 Å². The second-order valence-corrected chi connectivity index (χ2v) is 10.2. The maximum atomic E-state index is 15.0. The minimum atomic E-state index is -1.52. The monoisotopic (exact) mass is 494 g/mol. The van der Waals surface area contributed by atoms with Crippen LogP contribution in [0.1, 0.15) is 29.5 Å². The molecule has 2 aromatic carbocycles. The van der Waals surface area contributed by atoms with Gasteiger partial charge in [-0.15, -0.1) is 0 Å². The van der Waals surface area contributed by atoms with E-state index in [0.717, 1.165) is 5.69 Å². The van der Waals surface area contributed by atoms with Gasteiger partial charge in [0.05, 0.1) is 5.41 Å². The molecule has 2 heterocycles. The summed E-state index contributed by atoms with van der Waals surface area (Å²) in [5.74, 6) is -1.64. The average Bonchev–Trinajstić information content (AvgIpc) is 3.07. The van der Waals surface area contributed by atoms with E-state index in [2.05, 4.69) is 36.9 Å². The lowest BCUT2D eigenvalue weighted by Gasteiger charge is -2.38. The van der Waals surface area contributed by atoms with Gasteiger partial charge in [-0.25, -0.2) is 4.39 Å².